The zero-order valence-corrected chi connectivity index (χ0v) is 7.73. The van der Waals surface area contributed by atoms with Crippen LogP contribution in [0, 0.1) is 5.41 Å². The lowest BCUT2D eigenvalue weighted by Gasteiger charge is -2.25. The maximum Gasteiger partial charge on any atom is 0.240 e. The van der Waals surface area contributed by atoms with Crippen LogP contribution in [0.5, 0.6) is 0 Å². The molecule has 1 aliphatic carbocycles. The molecule has 1 amide bonds. The minimum atomic E-state index is -0.122. The van der Waals surface area contributed by atoms with E-state index in [9.17, 15) is 4.79 Å². The average molecular weight is 170 g/mol. The molecule has 0 aromatic rings. The number of carbonyl (C=O) groups is 1. The van der Waals surface area contributed by atoms with Crippen molar-refractivity contribution in [2.24, 2.45) is 11.3 Å². The molecule has 0 heterocycles. The third-order valence-corrected chi connectivity index (χ3v) is 2.90. The van der Waals surface area contributed by atoms with Crippen LogP contribution in [0.1, 0.15) is 45.4 Å². The second kappa shape index (κ2) is 3.90. The summed E-state index contributed by atoms with van der Waals surface area (Å²) in [5, 5.41) is 0. The van der Waals surface area contributed by atoms with Gasteiger partial charge in [0, 0.05) is 0 Å². The van der Waals surface area contributed by atoms with Gasteiger partial charge in [0.05, 0.1) is 5.41 Å². The van der Waals surface area contributed by atoms with Gasteiger partial charge in [-0.3, -0.25) is 10.2 Å². The van der Waals surface area contributed by atoms with Crippen LogP contribution in [0.25, 0.3) is 0 Å². The van der Waals surface area contributed by atoms with E-state index in [0.717, 1.165) is 25.7 Å². The standard InChI is InChI=1S/C9H18N2O/c1-2-5-9(8(12)11-10)6-3-4-7-9/h2-7,10H2,1H3,(H,11,12). The Labute approximate surface area is 73.7 Å². The summed E-state index contributed by atoms with van der Waals surface area (Å²) in [6, 6.07) is 0. The average Bonchev–Trinajstić information content (AvgIpc) is 2.53. The molecular formula is C9H18N2O. The summed E-state index contributed by atoms with van der Waals surface area (Å²) in [6.45, 7) is 2.11. The molecule has 12 heavy (non-hydrogen) atoms. The van der Waals surface area contributed by atoms with E-state index < -0.39 is 0 Å². The van der Waals surface area contributed by atoms with Crippen LogP contribution < -0.4 is 11.3 Å². The van der Waals surface area contributed by atoms with Crippen molar-refractivity contribution in [1.29, 1.82) is 0 Å². The van der Waals surface area contributed by atoms with Gasteiger partial charge < -0.3 is 0 Å². The van der Waals surface area contributed by atoms with Gasteiger partial charge in [-0.15, -0.1) is 0 Å². The molecule has 0 bridgehead atoms. The van der Waals surface area contributed by atoms with E-state index in [-0.39, 0.29) is 11.3 Å². The fourth-order valence-electron chi connectivity index (χ4n) is 2.27. The molecule has 3 heteroatoms. The van der Waals surface area contributed by atoms with Crippen molar-refractivity contribution < 1.29 is 4.79 Å². The van der Waals surface area contributed by atoms with Gasteiger partial charge in [0.15, 0.2) is 0 Å². The van der Waals surface area contributed by atoms with E-state index in [1.54, 1.807) is 0 Å². The molecule has 1 rings (SSSR count). The highest BCUT2D eigenvalue weighted by atomic mass is 16.2. The number of carbonyl (C=O) groups excluding carboxylic acids is 1. The third kappa shape index (κ3) is 1.61. The topological polar surface area (TPSA) is 55.1 Å². The number of nitrogens with one attached hydrogen (secondary N) is 1. The highest BCUT2D eigenvalue weighted by Crippen LogP contribution is 2.41. The maximum atomic E-state index is 11.5. The van der Waals surface area contributed by atoms with Crippen molar-refractivity contribution in [3.8, 4) is 0 Å². The van der Waals surface area contributed by atoms with Crippen LogP contribution in [0.3, 0.4) is 0 Å². The van der Waals surface area contributed by atoms with E-state index >= 15 is 0 Å². The number of amides is 1. The van der Waals surface area contributed by atoms with Crippen LogP contribution in [0.4, 0.5) is 0 Å². The predicted molar refractivity (Wildman–Crippen MR) is 48.1 cm³/mol. The summed E-state index contributed by atoms with van der Waals surface area (Å²) < 4.78 is 0. The Morgan fingerprint density at radius 3 is 2.50 bits per heavy atom. The number of rotatable bonds is 3. The molecule has 0 spiro atoms. The molecule has 1 saturated carbocycles. The summed E-state index contributed by atoms with van der Waals surface area (Å²) in [6.07, 6.45) is 6.43. The largest absolute Gasteiger partial charge is 0.294 e. The summed E-state index contributed by atoms with van der Waals surface area (Å²) in [4.78, 5) is 11.5. The molecule has 0 aliphatic heterocycles. The molecule has 70 valence electrons. The molecule has 0 atom stereocenters. The summed E-state index contributed by atoms with van der Waals surface area (Å²) in [5.74, 6) is 5.21. The molecule has 1 fully saturated rings. The molecule has 0 unspecified atom stereocenters. The summed E-state index contributed by atoms with van der Waals surface area (Å²) in [7, 11) is 0. The van der Waals surface area contributed by atoms with E-state index in [1.165, 1.54) is 12.8 Å². The maximum absolute atomic E-state index is 11.5. The monoisotopic (exact) mass is 170 g/mol. The highest BCUT2D eigenvalue weighted by Gasteiger charge is 2.39. The van der Waals surface area contributed by atoms with Crippen molar-refractivity contribution >= 4 is 5.91 Å². The molecule has 3 nitrogen and oxygen atoms in total. The van der Waals surface area contributed by atoms with Gasteiger partial charge in [0.25, 0.3) is 0 Å². The zero-order valence-electron chi connectivity index (χ0n) is 7.73. The van der Waals surface area contributed by atoms with Gasteiger partial charge in [-0.25, -0.2) is 5.84 Å². The first kappa shape index (κ1) is 9.52. The molecule has 0 aromatic carbocycles. The summed E-state index contributed by atoms with van der Waals surface area (Å²) >= 11 is 0. The van der Waals surface area contributed by atoms with Crippen LogP contribution in [0.15, 0.2) is 0 Å². The second-order valence-corrected chi connectivity index (χ2v) is 3.71. The van der Waals surface area contributed by atoms with Crippen LogP contribution in [-0.4, -0.2) is 5.91 Å². The van der Waals surface area contributed by atoms with Crippen molar-refractivity contribution in [3.63, 3.8) is 0 Å². The van der Waals surface area contributed by atoms with Crippen LogP contribution >= 0.6 is 0 Å². The first-order chi connectivity index (χ1) is 5.75. The van der Waals surface area contributed by atoms with E-state index in [0.29, 0.717) is 0 Å². The predicted octanol–water partition coefficient (Wildman–Crippen LogP) is 1.34. The van der Waals surface area contributed by atoms with Gasteiger partial charge >= 0.3 is 0 Å². The Hall–Kier alpha value is -0.570. The minimum Gasteiger partial charge on any atom is -0.294 e. The molecule has 3 N–H and O–H groups in total. The van der Waals surface area contributed by atoms with Crippen LogP contribution in [0.2, 0.25) is 0 Å². The SMILES string of the molecule is CCCC1(C(=O)NN)CCCC1. The van der Waals surface area contributed by atoms with Crippen LogP contribution in [-0.2, 0) is 4.79 Å². The number of hydrazine groups is 1. The fraction of sp³-hybridized carbons (Fsp3) is 0.889. The molecule has 0 radical (unpaired) electrons. The zero-order chi connectivity index (χ0) is 9.03. The third-order valence-electron chi connectivity index (χ3n) is 2.90. The quantitative estimate of drug-likeness (QED) is 0.381. The van der Waals surface area contributed by atoms with Crippen molar-refractivity contribution in [1.82, 2.24) is 5.43 Å². The van der Waals surface area contributed by atoms with E-state index in [2.05, 4.69) is 12.3 Å². The lowest BCUT2D eigenvalue weighted by atomic mass is 9.81. The van der Waals surface area contributed by atoms with Gasteiger partial charge in [0.1, 0.15) is 0 Å². The van der Waals surface area contributed by atoms with Crippen molar-refractivity contribution in [3.05, 3.63) is 0 Å². The molecular weight excluding hydrogens is 152 g/mol. The Kier molecular flexibility index (Phi) is 3.09. The van der Waals surface area contributed by atoms with Crippen molar-refractivity contribution in [2.45, 2.75) is 45.4 Å². The highest BCUT2D eigenvalue weighted by molar-refractivity contribution is 5.82. The Balaban J connectivity index is 2.64. The Morgan fingerprint density at radius 1 is 1.50 bits per heavy atom. The Bertz CT molecular complexity index is 162. The lowest BCUT2D eigenvalue weighted by Crippen LogP contribution is -2.42. The van der Waals surface area contributed by atoms with Gasteiger partial charge in [-0.05, 0) is 19.3 Å². The lowest BCUT2D eigenvalue weighted by molar-refractivity contribution is -0.131. The fourth-order valence-corrected chi connectivity index (χ4v) is 2.27. The summed E-state index contributed by atoms with van der Waals surface area (Å²) in [5.41, 5.74) is 2.17. The van der Waals surface area contributed by atoms with Crippen molar-refractivity contribution in [2.75, 3.05) is 0 Å². The smallest absolute Gasteiger partial charge is 0.240 e. The minimum absolute atomic E-state index is 0.0434. The number of hydrogen-bond acceptors (Lipinski definition) is 2. The van der Waals surface area contributed by atoms with E-state index in [4.69, 9.17) is 5.84 Å². The second-order valence-electron chi connectivity index (χ2n) is 3.71. The normalized spacial score (nSPS) is 20.8. The molecule has 0 aromatic heterocycles. The number of hydrogen-bond donors (Lipinski definition) is 2. The first-order valence-electron chi connectivity index (χ1n) is 4.76. The number of nitrogens with two attached hydrogens (primary N) is 1. The molecule has 0 saturated heterocycles. The first-order valence-corrected chi connectivity index (χ1v) is 4.76. The van der Waals surface area contributed by atoms with Gasteiger partial charge in [-0.1, -0.05) is 26.2 Å². The van der Waals surface area contributed by atoms with Gasteiger partial charge in [0.2, 0.25) is 5.91 Å². The van der Waals surface area contributed by atoms with Gasteiger partial charge in [-0.2, -0.15) is 0 Å². The van der Waals surface area contributed by atoms with E-state index in [1.807, 2.05) is 0 Å². The Morgan fingerprint density at radius 2 is 2.08 bits per heavy atom. The molecule has 1 aliphatic rings.